The molecule has 1 aromatic heterocycles. The molecule has 1 heterocycles. The molecule has 0 aliphatic heterocycles. The third-order valence-corrected chi connectivity index (χ3v) is 1.61. The molecule has 0 spiro atoms. The van der Waals surface area contributed by atoms with Gasteiger partial charge in [-0.25, -0.2) is 0 Å². The topological polar surface area (TPSA) is 61.0 Å². The van der Waals surface area contributed by atoms with E-state index in [0.717, 1.165) is 0 Å². The zero-order valence-corrected chi connectivity index (χ0v) is 8.02. The number of hydrogen-bond donors (Lipinski definition) is 0. The Morgan fingerprint density at radius 1 is 1.69 bits per heavy atom. The molecular weight excluding hydrogens is 170 g/mol. The van der Waals surface area contributed by atoms with Gasteiger partial charge in [-0.1, -0.05) is 18.9 Å². The number of aryl methyl sites for hydroxylation is 1. The molecule has 5 heteroatoms. The smallest absolute Gasteiger partial charge is 0.345 e. The van der Waals surface area contributed by atoms with Gasteiger partial charge < -0.3 is 10.1 Å². The van der Waals surface area contributed by atoms with Crippen molar-refractivity contribution in [3.63, 3.8) is 0 Å². The lowest BCUT2D eigenvalue weighted by atomic mass is 10.2. The first kappa shape index (κ1) is 9.70. The van der Waals surface area contributed by atoms with Crippen molar-refractivity contribution in [3.8, 4) is 0 Å². The van der Waals surface area contributed by atoms with E-state index in [2.05, 4.69) is 5.10 Å². The third kappa shape index (κ3) is 2.27. The zero-order valence-electron chi connectivity index (χ0n) is 8.02. The van der Waals surface area contributed by atoms with E-state index in [1.807, 2.05) is 13.8 Å². The third-order valence-electron chi connectivity index (χ3n) is 1.61. The first-order chi connectivity index (χ1) is 6.00. The average Bonchev–Trinajstić information content (AvgIpc) is 2.29. The van der Waals surface area contributed by atoms with Gasteiger partial charge in [-0.05, 0) is 17.8 Å². The lowest BCUT2D eigenvalue weighted by Crippen LogP contribution is -2.09. The summed E-state index contributed by atoms with van der Waals surface area (Å²) in [6.07, 6.45) is 0. The molecule has 0 aliphatic rings. The molecule has 0 atom stereocenters. The number of hydrogen-bond acceptors (Lipinski definition) is 3. The van der Waals surface area contributed by atoms with Crippen molar-refractivity contribution in [2.24, 2.45) is 5.92 Å². The normalized spacial score (nSPS) is 10.8. The summed E-state index contributed by atoms with van der Waals surface area (Å²) in [5, 5.41) is 14.6. The Balaban J connectivity index is 2.97. The summed E-state index contributed by atoms with van der Waals surface area (Å²) in [4.78, 5) is 10.2. The summed E-state index contributed by atoms with van der Waals surface area (Å²) in [6, 6.07) is 1.49. The maximum absolute atomic E-state index is 10.6. The molecule has 0 bridgehead atoms. The summed E-state index contributed by atoms with van der Waals surface area (Å²) in [7, 11) is 0. The highest BCUT2D eigenvalue weighted by atomic mass is 16.6. The van der Waals surface area contributed by atoms with Crippen LogP contribution < -0.4 is 0 Å². The van der Waals surface area contributed by atoms with Gasteiger partial charge in [0.2, 0.25) is 0 Å². The largest absolute Gasteiger partial charge is 0.358 e. The van der Waals surface area contributed by atoms with Crippen LogP contribution in [0.3, 0.4) is 0 Å². The van der Waals surface area contributed by atoms with E-state index in [0.29, 0.717) is 18.2 Å². The molecule has 1 rings (SSSR count). The summed E-state index contributed by atoms with van der Waals surface area (Å²) >= 11 is 0. The maximum atomic E-state index is 10.6. The van der Waals surface area contributed by atoms with Gasteiger partial charge in [0.25, 0.3) is 0 Å². The predicted octanol–water partition coefficient (Wildman–Crippen LogP) is 1.76. The van der Waals surface area contributed by atoms with Crippen molar-refractivity contribution < 1.29 is 4.92 Å². The molecule has 0 amide bonds. The molecule has 1 aromatic rings. The Labute approximate surface area is 76.5 Å². The fourth-order valence-electron chi connectivity index (χ4n) is 1.16. The molecule has 0 saturated heterocycles. The minimum absolute atomic E-state index is 0.0752. The monoisotopic (exact) mass is 183 g/mol. The molecule has 0 radical (unpaired) electrons. The summed E-state index contributed by atoms with van der Waals surface area (Å²) in [6.45, 7) is 6.34. The van der Waals surface area contributed by atoms with Crippen molar-refractivity contribution in [1.29, 1.82) is 0 Å². The predicted molar refractivity (Wildman–Crippen MR) is 48.5 cm³/mol. The van der Waals surface area contributed by atoms with Crippen LogP contribution in [0.1, 0.15) is 19.5 Å². The molecule has 0 fully saturated rings. The summed E-state index contributed by atoms with van der Waals surface area (Å²) < 4.78 is 1.44. The van der Waals surface area contributed by atoms with Crippen LogP contribution in [-0.2, 0) is 6.54 Å². The highest BCUT2D eigenvalue weighted by molar-refractivity contribution is 5.21. The van der Waals surface area contributed by atoms with Crippen molar-refractivity contribution >= 4 is 5.82 Å². The molecule has 5 nitrogen and oxygen atoms in total. The van der Waals surface area contributed by atoms with Crippen molar-refractivity contribution in [2.75, 3.05) is 0 Å². The SMILES string of the molecule is Cc1cc([N+](=O)[O-])n(CC(C)C)n1. The van der Waals surface area contributed by atoms with E-state index < -0.39 is 4.92 Å². The van der Waals surface area contributed by atoms with E-state index in [1.165, 1.54) is 10.7 Å². The van der Waals surface area contributed by atoms with Gasteiger partial charge in [-0.15, -0.1) is 4.68 Å². The fourth-order valence-corrected chi connectivity index (χ4v) is 1.16. The van der Waals surface area contributed by atoms with E-state index in [1.54, 1.807) is 6.92 Å². The first-order valence-corrected chi connectivity index (χ1v) is 4.19. The average molecular weight is 183 g/mol. The van der Waals surface area contributed by atoms with Gasteiger partial charge in [-0.2, -0.15) is 0 Å². The fraction of sp³-hybridized carbons (Fsp3) is 0.625. The van der Waals surface area contributed by atoms with Crippen LogP contribution >= 0.6 is 0 Å². The lowest BCUT2D eigenvalue weighted by Gasteiger charge is -2.01. The number of rotatable bonds is 3. The highest BCUT2D eigenvalue weighted by Gasteiger charge is 2.16. The Kier molecular flexibility index (Phi) is 2.65. The van der Waals surface area contributed by atoms with Crippen molar-refractivity contribution in [2.45, 2.75) is 27.3 Å². The van der Waals surface area contributed by atoms with Crippen LogP contribution in [0.15, 0.2) is 6.07 Å². The standard InChI is InChI=1S/C8H13N3O2/c1-6(2)5-10-8(11(12)13)4-7(3)9-10/h4,6H,5H2,1-3H3. The number of nitro groups is 1. The van der Waals surface area contributed by atoms with Crippen molar-refractivity contribution in [3.05, 3.63) is 21.9 Å². The van der Waals surface area contributed by atoms with Gasteiger partial charge in [0, 0.05) is 0 Å². The van der Waals surface area contributed by atoms with Gasteiger partial charge in [-0.3, -0.25) is 0 Å². The molecule has 72 valence electrons. The minimum atomic E-state index is -0.400. The summed E-state index contributed by atoms with van der Waals surface area (Å²) in [5.74, 6) is 0.434. The van der Waals surface area contributed by atoms with E-state index >= 15 is 0 Å². The highest BCUT2D eigenvalue weighted by Crippen LogP contribution is 2.14. The van der Waals surface area contributed by atoms with Gasteiger partial charge in [0.05, 0.1) is 11.8 Å². The quantitative estimate of drug-likeness (QED) is 0.529. The van der Waals surface area contributed by atoms with E-state index in [9.17, 15) is 10.1 Å². The van der Waals surface area contributed by atoms with Crippen molar-refractivity contribution in [1.82, 2.24) is 9.78 Å². The Bertz CT molecular complexity index is 317. The summed E-state index contributed by atoms with van der Waals surface area (Å²) in [5.41, 5.74) is 0.687. The molecule has 0 aliphatic carbocycles. The lowest BCUT2D eigenvalue weighted by molar-refractivity contribution is -0.392. The van der Waals surface area contributed by atoms with E-state index in [-0.39, 0.29) is 5.82 Å². The minimum Gasteiger partial charge on any atom is -0.358 e. The number of nitrogens with zero attached hydrogens (tertiary/aromatic N) is 3. The second-order valence-corrected chi connectivity index (χ2v) is 3.48. The Morgan fingerprint density at radius 3 is 2.77 bits per heavy atom. The zero-order chi connectivity index (χ0) is 10.0. The molecule has 0 saturated carbocycles. The van der Waals surface area contributed by atoms with Gasteiger partial charge >= 0.3 is 5.82 Å². The van der Waals surface area contributed by atoms with Gasteiger partial charge in [0.1, 0.15) is 6.54 Å². The van der Waals surface area contributed by atoms with Crippen LogP contribution in [0.5, 0.6) is 0 Å². The molecular formula is C8H13N3O2. The van der Waals surface area contributed by atoms with Crippen LogP contribution in [0.4, 0.5) is 5.82 Å². The van der Waals surface area contributed by atoms with E-state index in [4.69, 9.17) is 0 Å². The molecule has 0 unspecified atom stereocenters. The Hall–Kier alpha value is -1.39. The maximum Gasteiger partial charge on any atom is 0.345 e. The van der Waals surface area contributed by atoms with Crippen LogP contribution in [-0.4, -0.2) is 14.7 Å². The molecule has 13 heavy (non-hydrogen) atoms. The first-order valence-electron chi connectivity index (χ1n) is 4.19. The van der Waals surface area contributed by atoms with Gasteiger partial charge in [0.15, 0.2) is 0 Å². The Morgan fingerprint density at radius 2 is 2.31 bits per heavy atom. The second kappa shape index (κ2) is 3.55. The molecule has 0 aromatic carbocycles. The molecule has 0 N–H and O–H groups in total. The number of aromatic nitrogens is 2. The second-order valence-electron chi connectivity index (χ2n) is 3.48. The van der Waals surface area contributed by atoms with Crippen LogP contribution in [0.25, 0.3) is 0 Å². The van der Waals surface area contributed by atoms with Crippen LogP contribution in [0, 0.1) is 23.0 Å². The van der Waals surface area contributed by atoms with Crippen LogP contribution in [0.2, 0.25) is 0 Å².